The first-order chi connectivity index (χ1) is 7.29. The highest BCUT2D eigenvalue weighted by atomic mass is 16.5. The lowest BCUT2D eigenvalue weighted by atomic mass is 9.90. The van der Waals surface area contributed by atoms with Crippen molar-refractivity contribution in [3.05, 3.63) is 0 Å². The number of rotatable bonds is 3. The Morgan fingerprint density at radius 1 is 1.40 bits per heavy atom. The van der Waals surface area contributed by atoms with E-state index >= 15 is 0 Å². The van der Waals surface area contributed by atoms with Crippen LogP contribution in [0.4, 0.5) is 0 Å². The lowest BCUT2D eigenvalue weighted by Crippen LogP contribution is -2.45. The van der Waals surface area contributed by atoms with Crippen molar-refractivity contribution < 1.29 is 9.53 Å². The molecule has 15 heavy (non-hydrogen) atoms. The smallest absolute Gasteiger partial charge is 0.323 e. The van der Waals surface area contributed by atoms with Crippen LogP contribution in [0.25, 0.3) is 0 Å². The zero-order chi connectivity index (χ0) is 10.7. The first kappa shape index (κ1) is 10.9. The molecule has 0 spiro atoms. The molecule has 1 aliphatic carbocycles. The van der Waals surface area contributed by atoms with Gasteiger partial charge in [0.15, 0.2) is 0 Å². The van der Waals surface area contributed by atoms with Crippen molar-refractivity contribution >= 4 is 5.97 Å². The van der Waals surface area contributed by atoms with E-state index in [1.165, 1.54) is 19.3 Å². The summed E-state index contributed by atoms with van der Waals surface area (Å²) in [5.74, 6) is 0.683. The Balaban J connectivity index is 1.78. The predicted octanol–water partition coefficient (Wildman–Crippen LogP) is 1.86. The van der Waals surface area contributed by atoms with Crippen molar-refractivity contribution in [2.75, 3.05) is 6.54 Å². The molecule has 86 valence electrons. The van der Waals surface area contributed by atoms with Gasteiger partial charge in [0.1, 0.15) is 12.1 Å². The highest BCUT2D eigenvalue weighted by Gasteiger charge is 2.30. The first-order valence-electron chi connectivity index (χ1n) is 6.23. The standard InChI is InChI=1S/C12H21NO2/c1-2-9-6-7-13-11(8-9)12(14)15-10-4-3-5-10/h9-11,13H,2-8H2,1H3. The molecule has 1 saturated carbocycles. The largest absolute Gasteiger partial charge is 0.461 e. The molecule has 3 nitrogen and oxygen atoms in total. The highest BCUT2D eigenvalue weighted by molar-refractivity contribution is 5.76. The van der Waals surface area contributed by atoms with Gasteiger partial charge in [-0.1, -0.05) is 13.3 Å². The fraction of sp³-hybridized carbons (Fsp3) is 0.917. The number of hydrogen-bond donors (Lipinski definition) is 1. The van der Waals surface area contributed by atoms with Gasteiger partial charge in [-0.25, -0.2) is 0 Å². The van der Waals surface area contributed by atoms with Gasteiger partial charge in [0.05, 0.1) is 0 Å². The van der Waals surface area contributed by atoms with E-state index in [9.17, 15) is 4.79 Å². The second-order valence-electron chi connectivity index (χ2n) is 4.80. The van der Waals surface area contributed by atoms with Gasteiger partial charge in [-0.05, 0) is 44.6 Å². The average Bonchev–Trinajstić information content (AvgIpc) is 2.23. The van der Waals surface area contributed by atoms with Gasteiger partial charge in [-0.15, -0.1) is 0 Å². The zero-order valence-electron chi connectivity index (χ0n) is 9.50. The van der Waals surface area contributed by atoms with Gasteiger partial charge in [0, 0.05) is 0 Å². The molecule has 0 aromatic heterocycles. The van der Waals surface area contributed by atoms with Crippen LogP contribution in [-0.2, 0) is 9.53 Å². The van der Waals surface area contributed by atoms with Crippen molar-refractivity contribution in [1.29, 1.82) is 0 Å². The van der Waals surface area contributed by atoms with E-state index in [-0.39, 0.29) is 18.1 Å². The van der Waals surface area contributed by atoms with Crippen LogP contribution in [0.1, 0.15) is 45.4 Å². The summed E-state index contributed by atoms with van der Waals surface area (Å²) in [6, 6.07) is -0.0377. The lowest BCUT2D eigenvalue weighted by Gasteiger charge is -2.31. The number of esters is 1. The Hall–Kier alpha value is -0.570. The van der Waals surface area contributed by atoms with E-state index in [4.69, 9.17) is 4.74 Å². The third-order valence-corrected chi connectivity index (χ3v) is 3.71. The molecule has 2 fully saturated rings. The summed E-state index contributed by atoms with van der Waals surface area (Å²) in [7, 11) is 0. The molecular formula is C12H21NO2. The molecule has 1 N–H and O–H groups in total. The maximum atomic E-state index is 11.8. The first-order valence-corrected chi connectivity index (χ1v) is 6.23. The predicted molar refractivity (Wildman–Crippen MR) is 58.5 cm³/mol. The molecule has 1 saturated heterocycles. The van der Waals surface area contributed by atoms with Gasteiger partial charge in [-0.2, -0.15) is 0 Å². The zero-order valence-corrected chi connectivity index (χ0v) is 9.50. The van der Waals surface area contributed by atoms with Crippen molar-refractivity contribution in [2.24, 2.45) is 5.92 Å². The molecule has 2 aliphatic rings. The van der Waals surface area contributed by atoms with Crippen LogP contribution in [-0.4, -0.2) is 24.7 Å². The minimum atomic E-state index is -0.0377. The van der Waals surface area contributed by atoms with Crippen LogP contribution in [0.2, 0.25) is 0 Å². The van der Waals surface area contributed by atoms with Gasteiger partial charge in [0.25, 0.3) is 0 Å². The van der Waals surface area contributed by atoms with Crippen LogP contribution in [0.3, 0.4) is 0 Å². The fourth-order valence-corrected chi connectivity index (χ4v) is 2.28. The van der Waals surface area contributed by atoms with Crippen LogP contribution < -0.4 is 5.32 Å². The van der Waals surface area contributed by atoms with Gasteiger partial charge in [0.2, 0.25) is 0 Å². The van der Waals surface area contributed by atoms with E-state index in [1.807, 2.05) is 0 Å². The maximum absolute atomic E-state index is 11.8. The van der Waals surface area contributed by atoms with E-state index in [2.05, 4.69) is 12.2 Å². The summed E-state index contributed by atoms with van der Waals surface area (Å²) in [5, 5.41) is 3.26. The topological polar surface area (TPSA) is 38.3 Å². The van der Waals surface area contributed by atoms with Crippen molar-refractivity contribution in [2.45, 2.75) is 57.6 Å². The van der Waals surface area contributed by atoms with Crippen LogP contribution in [0.15, 0.2) is 0 Å². The lowest BCUT2D eigenvalue weighted by molar-refractivity contribution is -0.156. The number of ether oxygens (including phenoxy) is 1. The van der Waals surface area contributed by atoms with Crippen molar-refractivity contribution in [3.8, 4) is 0 Å². The van der Waals surface area contributed by atoms with E-state index in [0.717, 1.165) is 25.8 Å². The second-order valence-corrected chi connectivity index (χ2v) is 4.80. The molecule has 0 aromatic carbocycles. The molecule has 2 atom stereocenters. The van der Waals surface area contributed by atoms with E-state index in [1.54, 1.807) is 0 Å². The molecule has 0 radical (unpaired) electrons. The third kappa shape index (κ3) is 2.71. The fourth-order valence-electron chi connectivity index (χ4n) is 2.28. The summed E-state index contributed by atoms with van der Waals surface area (Å²) in [4.78, 5) is 11.8. The monoisotopic (exact) mass is 211 g/mol. The highest BCUT2D eigenvalue weighted by Crippen LogP contribution is 2.25. The van der Waals surface area contributed by atoms with Gasteiger partial charge < -0.3 is 10.1 Å². The number of piperidine rings is 1. The summed E-state index contributed by atoms with van der Waals surface area (Å²) in [6.07, 6.45) is 6.90. The summed E-state index contributed by atoms with van der Waals surface area (Å²) in [5.41, 5.74) is 0. The Kier molecular flexibility index (Phi) is 3.62. The third-order valence-electron chi connectivity index (χ3n) is 3.71. The van der Waals surface area contributed by atoms with Crippen LogP contribution in [0, 0.1) is 5.92 Å². The average molecular weight is 211 g/mol. The number of hydrogen-bond acceptors (Lipinski definition) is 3. The molecule has 3 heteroatoms. The molecule has 0 amide bonds. The van der Waals surface area contributed by atoms with E-state index < -0.39 is 0 Å². The summed E-state index contributed by atoms with van der Waals surface area (Å²) >= 11 is 0. The summed E-state index contributed by atoms with van der Waals surface area (Å²) in [6.45, 7) is 3.16. The Bertz CT molecular complexity index is 226. The molecule has 2 rings (SSSR count). The Morgan fingerprint density at radius 2 is 2.20 bits per heavy atom. The van der Waals surface area contributed by atoms with Crippen molar-refractivity contribution in [3.63, 3.8) is 0 Å². The summed E-state index contributed by atoms with van der Waals surface area (Å²) < 4.78 is 5.42. The van der Waals surface area contributed by atoms with Crippen molar-refractivity contribution in [1.82, 2.24) is 5.32 Å². The molecule has 2 unspecified atom stereocenters. The SMILES string of the molecule is CCC1CCNC(C(=O)OC2CCC2)C1. The minimum Gasteiger partial charge on any atom is -0.461 e. The number of nitrogens with one attached hydrogen (secondary N) is 1. The number of carbonyl (C=O) groups is 1. The molecule has 1 aliphatic heterocycles. The molecule has 1 heterocycles. The van der Waals surface area contributed by atoms with Gasteiger partial charge in [-0.3, -0.25) is 4.79 Å². The van der Waals surface area contributed by atoms with Gasteiger partial charge >= 0.3 is 5.97 Å². The molecule has 0 aromatic rings. The molecular weight excluding hydrogens is 190 g/mol. The normalized spacial score (nSPS) is 32.1. The quantitative estimate of drug-likeness (QED) is 0.724. The number of carbonyl (C=O) groups excluding carboxylic acids is 1. The van der Waals surface area contributed by atoms with Crippen LogP contribution in [0.5, 0.6) is 0 Å². The maximum Gasteiger partial charge on any atom is 0.323 e. The Morgan fingerprint density at radius 3 is 2.80 bits per heavy atom. The van der Waals surface area contributed by atoms with Crippen LogP contribution >= 0.6 is 0 Å². The Labute approximate surface area is 91.6 Å². The minimum absolute atomic E-state index is 0.0159. The molecule has 0 bridgehead atoms. The second kappa shape index (κ2) is 4.97. The van der Waals surface area contributed by atoms with E-state index in [0.29, 0.717) is 5.92 Å².